The molecule has 1 saturated heterocycles. The SMILES string of the molecule is CCC(c1ccc2ccccc2c1)C(O)(c1ccc(OCCN(C)C)cc1)c1ccc(OC2CCCCO2)cc1. The Balaban J connectivity index is 1.50. The summed E-state index contributed by atoms with van der Waals surface area (Å²) < 4.78 is 17.8. The number of hydrogen-bond donors (Lipinski definition) is 1. The average Bonchev–Trinajstić information content (AvgIpc) is 2.98. The first-order chi connectivity index (χ1) is 19.5. The maximum Gasteiger partial charge on any atom is 0.199 e. The Morgan fingerprint density at radius 2 is 1.55 bits per heavy atom. The number of benzene rings is 4. The van der Waals surface area contributed by atoms with Crippen molar-refractivity contribution in [3.63, 3.8) is 0 Å². The number of aliphatic hydroxyl groups is 1. The van der Waals surface area contributed by atoms with Crippen molar-refractivity contribution in [2.75, 3.05) is 33.9 Å². The molecule has 0 aromatic heterocycles. The Kier molecular flexibility index (Phi) is 9.05. The number of ether oxygens (including phenoxy) is 3. The van der Waals surface area contributed by atoms with E-state index in [4.69, 9.17) is 14.2 Å². The summed E-state index contributed by atoms with van der Waals surface area (Å²) in [6, 6.07) is 30.7. The third kappa shape index (κ3) is 6.33. The quantitative estimate of drug-likeness (QED) is 0.220. The minimum Gasteiger partial charge on any atom is -0.492 e. The maximum absolute atomic E-state index is 12.8. The lowest BCUT2D eigenvalue weighted by Crippen LogP contribution is -2.35. The van der Waals surface area contributed by atoms with Gasteiger partial charge in [-0.05, 0) is 85.1 Å². The molecule has 1 fully saturated rings. The fourth-order valence-electron chi connectivity index (χ4n) is 5.66. The summed E-state index contributed by atoms with van der Waals surface area (Å²) >= 11 is 0. The maximum atomic E-state index is 12.8. The van der Waals surface area contributed by atoms with Crippen molar-refractivity contribution in [2.45, 2.75) is 50.4 Å². The molecule has 1 aliphatic heterocycles. The van der Waals surface area contributed by atoms with Crippen molar-refractivity contribution >= 4 is 10.8 Å². The molecule has 1 heterocycles. The highest BCUT2D eigenvalue weighted by Gasteiger charge is 2.40. The molecule has 210 valence electrons. The monoisotopic (exact) mass is 539 g/mol. The summed E-state index contributed by atoms with van der Waals surface area (Å²) in [6.45, 7) is 4.33. The molecule has 0 amide bonds. The normalized spacial score (nSPS) is 17.9. The van der Waals surface area contributed by atoms with E-state index in [0.717, 1.165) is 67.0 Å². The standard InChI is InChI=1S/C35H41NO4/c1-4-33(28-13-12-26-9-5-6-10-27(26)25-28)35(37,29-14-18-31(19-15-29)38-24-22-36(2)3)30-16-20-32(21-17-30)40-34-11-7-8-23-39-34/h5-6,9-10,12-21,25,33-34,37H,4,7-8,11,22-24H2,1-3H3. The molecule has 4 aromatic carbocycles. The van der Waals surface area contributed by atoms with Crippen LogP contribution in [-0.4, -0.2) is 50.2 Å². The van der Waals surface area contributed by atoms with Crippen LogP contribution in [0.1, 0.15) is 55.2 Å². The molecule has 5 nitrogen and oxygen atoms in total. The van der Waals surface area contributed by atoms with E-state index < -0.39 is 5.60 Å². The van der Waals surface area contributed by atoms with E-state index in [-0.39, 0.29) is 12.2 Å². The molecule has 0 saturated carbocycles. The Morgan fingerprint density at radius 1 is 0.875 bits per heavy atom. The van der Waals surface area contributed by atoms with E-state index >= 15 is 0 Å². The van der Waals surface area contributed by atoms with Gasteiger partial charge in [0.1, 0.15) is 23.7 Å². The third-order valence-corrected chi connectivity index (χ3v) is 7.89. The van der Waals surface area contributed by atoms with Crippen LogP contribution in [0.4, 0.5) is 0 Å². The lowest BCUT2D eigenvalue weighted by atomic mass is 9.71. The zero-order chi connectivity index (χ0) is 28.0. The molecule has 4 aromatic rings. The number of fused-ring (bicyclic) bond motifs is 1. The molecule has 1 N–H and O–H groups in total. The molecule has 0 bridgehead atoms. The molecule has 5 rings (SSSR count). The summed E-state index contributed by atoms with van der Waals surface area (Å²) in [7, 11) is 4.06. The van der Waals surface area contributed by atoms with Gasteiger partial charge in [0.25, 0.3) is 0 Å². The van der Waals surface area contributed by atoms with Gasteiger partial charge in [0.15, 0.2) is 6.29 Å². The van der Waals surface area contributed by atoms with Crippen LogP contribution in [0.3, 0.4) is 0 Å². The molecule has 0 spiro atoms. The van der Waals surface area contributed by atoms with E-state index in [2.05, 4.69) is 54.3 Å². The first-order valence-corrected chi connectivity index (χ1v) is 14.5. The van der Waals surface area contributed by atoms with Crippen molar-refractivity contribution < 1.29 is 19.3 Å². The third-order valence-electron chi connectivity index (χ3n) is 7.89. The Hall–Kier alpha value is -3.38. The summed E-state index contributed by atoms with van der Waals surface area (Å²) in [5.41, 5.74) is 1.49. The second kappa shape index (κ2) is 12.9. The topological polar surface area (TPSA) is 51.2 Å². The molecule has 3 atom stereocenters. The van der Waals surface area contributed by atoms with Gasteiger partial charge in [-0.25, -0.2) is 0 Å². The van der Waals surface area contributed by atoms with Crippen LogP contribution >= 0.6 is 0 Å². The fraction of sp³-hybridized carbons (Fsp3) is 0.371. The minimum absolute atomic E-state index is 0.175. The summed E-state index contributed by atoms with van der Waals surface area (Å²) in [5.74, 6) is 1.37. The molecule has 1 aliphatic rings. The van der Waals surface area contributed by atoms with E-state index in [9.17, 15) is 5.11 Å². The first kappa shape index (κ1) is 28.2. The zero-order valence-electron chi connectivity index (χ0n) is 23.9. The predicted octanol–water partition coefficient (Wildman–Crippen LogP) is 7.12. The van der Waals surface area contributed by atoms with E-state index in [1.807, 2.05) is 62.6 Å². The van der Waals surface area contributed by atoms with Crippen LogP contribution in [-0.2, 0) is 10.3 Å². The molecular weight excluding hydrogens is 498 g/mol. The van der Waals surface area contributed by atoms with Crippen LogP contribution in [0.25, 0.3) is 10.8 Å². The number of rotatable bonds is 11. The fourth-order valence-corrected chi connectivity index (χ4v) is 5.66. The van der Waals surface area contributed by atoms with Gasteiger partial charge in [-0.3, -0.25) is 0 Å². The van der Waals surface area contributed by atoms with Gasteiger partial charge in [0.05, 0.1) is 6.61 Å². The average molecular weight is 540 g/mol. The Bertz CT molecular complexity index is 1360. The number of hydrogen-bond acceptors (Lipinski definition) is 5. The smallest absolute Gasteiger partial charge is 0.199 e. The van der Waals surface area contributed by atoms with Crippen molar-refractivity contribution in [1.29, 1.82) is 0 Å². The van der Waals surface area contributed by atoms with Gasteiger partial charge in [-0.1, -0.05) is 73.7 Å². The lowest BCUT2D eigenvalue weighted by Gasteiger charge is -2.38. The highest BCUT2D eigenvalue weighted by Crippen LogP contribution is 2.45. The summed E-state index contributed by atoms with van der Waals surface area (Å²) in [6.07, 6.45) is 3.64. The van der Waals surface area contributed by atoms with Crippen molar-refractivity contribution in [2.24, 2.45) is 0 Å². The van der Waals surface area contributed by atoms with E-state index in [1.54, 1.807) is 0 Å². The van der Waals surface area contributed by atoms with E-state index in [1.165, 1.54) is 10.8 Å². The van der Waals surface area contributed by atoms with Crippen molar-refractivity contribution in [1.82, 2.24) is 4.90 Å². The van der Waals surface area contributed by atoms with Crippen LogP contribution in [0, 0.1) is 0 Å². The van der Waals surface area contributed by atoms with Crippen molar-refractivity contribution in [3.05, 3.63) is 108 Å². The second-order valence-corrected chi connectivity index (χ2v) is 10.9. The van der Waals surface area contributed by atoms with Crippen LogP contribution < -0.4 is 9.47 Å². The summed E-state index contributed by atoms with van der Waals surface area (Å²) in [4.78, 5) is 2.09. The lowest BCUT2D eigenvalue weighted by molar-refractivity contribution is -0.105. The minimum atomic E-state index is -1.26. The molecule has 0 aliphatic carbocycles. The van der Waals surface area contributed by atoms with Crippen LogP contribution in [0.15, 0.2) is 91.0 Å². The van der Waals surface area contributed by atoms with Gasteiger partial charge in [0, 0.05) is 18.9 Å². The largest absolute Gasteiger partial charge is 0.492 e. The van der Waals surface area contributed by atoms with Crippen molar-refractivity contribution in [3.8, 4) is 11.5 Å². The number of likely N-dealkylation sites (N-methyl/N-ethyl adjacent to an activating group) is 1. The molecule has 5 heteroatoms. The predicted molar refractivity (Wildman–Crippen MR) is 161 cm³/mol. The first-order valence-electron chi connectivity index (χ1n) is 14.5. The van der Waals surface area contributed by atoms with Crippen LogP contribution in [0.2, 0.25) is 0 Å². The zero-order valence-corrected chi connectivity index (χ0v) is 23.9. The molecule has 0 radical (unpaired) electrons. The molecule has 3 unspecified atom stereocenters. The van der Waals surface area contributed by atoms with Gasteiger partial charge >= 0.3 is 0 Å². The van der Waals surface area contributed by atoms with Gasteiger partial charge in [-0.2, -0.15) is 0 Å². The second-order valence-electron chi connectivity index (χ2n) is 10.9. The Morgan fingerprint density at radius 3 is 2.17 bits per heavy atom. The van der Waals surface area contributed by atoms with E-state index in [0.29, 0.717) is 6.61 Å². The van der Waals surface area contributed by atoms with Gasteiger partial charge in [-0.15, -0.1) is 0 Å². The molecule has 40 heavy (non-hydrogen) atoms. The number of nitrogens with zero attached hydrogens (tertiary/aromatic N) is 1. The highest BCUT2D eigenvalue weighted by molar-refractivity contribution is 5.83. The van der Waals surface area contributed by atoms with Gasteiger partial charge in [0.2, 0.25) is 0 Å². The van der Waals surface area contributed by atoms with Crippen LogP contribution in [0.5, 0.6) is 11.5 Å². The van der Waals surface area contributed by atoms with Gasteiger partial charge < -0.3 is 24.2 Å². The highest BCUT2D eigenvalue weighted by atomic mass is 16.7. The molecular formula is C35H41NO4. The Labute approximate surface area is 238 Å². The summed E-state index contributed by atoms with van der Waals surface area (Å²) in [5, 5.41) is 15.1.